The number of likely N-dealkylation sites (N-methyl/N-ethyl adjacent to an activating group) is 1. The molecule has 1 unspecified atom stereocenters. The fraction of sp³-hybridized carbons (Fsp3) is 0.455. The van der Waals surface area contributed by atoms with E-state index < -0.39 is 10.0 Å². The van der Waals surface area contributed by atoms with E-state index in [2.05, 4.69) is 10.0 Å². The molecule has 0 fully saturated rings. The number of benzene rings is 1. The van der Waals surface area contributed by atoms with Crippen LogP contribution in [0, 0.1) is 0 Å². The van der Waals surface area contributed by atoms with Crippen LogP contribution in [0.5, 0.6) is 5.75 Å². The van der Waals surface area contributed by atoms with Gasteiger partial charge in [-0.15, -0.1) is 12.4 Å². The van der Waals surface area contributed by atoms with E-state index in [0.29, 0.717) is 12.3 Å². The number of ether oxygens (including phenoxy) is 1. The van der Waals surface area contributed by atoms with E-state index in [0.717, 1.165) is 0 Å². The van der Waals surface area contributed by atoms with Crippen LogP contribution in [0.4, 0.5) is 0 Å². The lowest BCUT2D eigenvalue weighted by Crippen LogP contribution is -2.37. The second kappa shape index (κ2) is 7.91. The summed E-state index contributed by atoms with van der Waals surface area (Å²) in [5.74, 6) is 0.444. The first-order chi connectivity index (χ1) is 8.40. The average molecular weight is 329 g/mol. The molecule has 0 aromatic heterocycles. The summed E-state index contributed by atoms with van der Waals surface area (Å²) >= 11 is 5.90. The van der Waals surface area contributed by atoms with E-state index in [-0.39, 0.29) is 28.4 Å². The zero-order valence-electron chi connectivity index (χ0n) is 10.9. The number of hydrogen-bond acceptors (Lipinski definition) is 4. The maximum absolute atomic E-state index is 12.0. The molecule has 0 spiro atoms. The third-order valence-corrected chi connectivity index (χ3v) is 4.22. The maximum atomic E-state index is 12.0. The molecule has 19 heavy (non-hydrogen) atoms. The van der Waals surface area contributed by atoms with Crippen molar-refractivity contribution >= 4 is 34.0 Å². The largest absolute Gasteiger partial charge is 0.495 e. The van der Waals surface area contributed by atoms with Crippen LogP contribution < -0.4 is 14.8 Å². The lowest BCUT2D eigenvalue weighted by Gasteiger charge is -2.12. The summed E-state index contributed by atoms with van der Waals surface area (Å²) in [4.78, 5) is 0.122. The topological polar surface area (TPSA) is 67.4 Å². The Labute approximate surface area is 125 Å². The molecule has 0 radical (unpaired) electrons. The fourth-order valence-electron chi connectivity index (χ4n) is 1.23. The van der Waals surface area contributed by atoms with Crippen LogP contribution in [0.2, 0.25) is 5.02 Å². The van der Waals surface area contributed by atoms with Crippen molar-refractivity contribution in [2.75, 3.05) is 20.7 Å². The predicted octanol–water partition coefficient (Wildman–Crippen LogP) is 1.66. The molecule has 0 aliphatic rings. The Bertz CT molecular complexity index is 509. The second-order valence-electron chi connectivity index (χ2n) is 3.84. The first-order valence-electron chi connectivity index (χ1n) is 5.41. The van der Waals surface area contributed by atoms with Crippen molar-refractivity contribution in [2.45, 2.75) is 17.9 Å². The number of halogens is 2. The van der Waals surface area contributed by atoms with Gasteiger partial charge >= 0.3 is 0 Å². The summed E-state index contributed by atoms with van der Waals surface area (Å²) < 4.78 is 31.4. The highest BCUT2D eigenvalue weighted by atomic mass is 35.5. The molecule has 0 aliphatic carbocycles. The Hall–Kier alpha value is -0.530. The minimum Gasteiger partial charge on any atom is -0.495 e. The van der Waals surface area contributed by atoms with Gasteiger partial charge in [-0.3, -0.25) is 0 Å². The van der Waals surface area contributed by atoms with Crippen molar-refractivity contribution in [3.8, 4) is 5.75 Å². The molecular formula is C11H18Cl2N2O3S. The molecule has 0 aliphatic heterocycles. The van der Waals surface area contributed by atoms with Crippen LogP contribution in [0.15, 0.2) is 23.1 Å². The maximum Gasteiger partial charge on any atom is 0.240 e. The Kier molecular flexibility index (Phi) is 7.69. The standard InChI is InChI=1S/C11H17ClN2O3S.ClH/c1-8(13-2)7-14-18(15,16)9-4-5-11(17-3)10(12)6-9;/h4-6,8,13-14H,7H2,1-3H3;1H. The summed E-state index contributed by atoms with van der Waals surface area (Å²) in [6.45, 7) is 2.19. The second-order valence-corrected chi connectivity index (χ2v) is 6.01. The molecule has 0 heterocycles. The van der Waals surface area contributed by atoms with Gasteiger partial charge in [0.2, 0.25) is 10.0 Å². The van der Waals surface area contributed by atoms with Gasteiger partial charge < -0.3 is 10.1 Å². The molecule has 0 saturated heterocycles. The van der Waals surface area contributed by atoms with Crippen LogP contribution in [0.25, 0.3) is 0 Å². The molecule has 2 N–H and O–H groups in total. The average Bonchev–Trinajstić information content (AvgIpc) is 2.35. The van der Waals surface area contributed by atoms with Crippen LogP contribution >= 0.6 is 24.0 Å². The zero-order valence-corrected chi connectivity index (χ0v) is 13.3. The number of nitrogens with one attached hydrogen (secondary N) is 2. The molecule has 0 bridgehead atoms. The minimum absolute atomic E-state index is 0. The highest BCUT2D eigenvalue weighted by molar-refractivity contribution is 7.89. The highest BCUT2D eigenvalue weighted by Crippen LogP contribution is 2.26. The van der Waals surface area contributed by atoms with E-state index in [9.17, 15) is 8.42 Å². The molecule has 1 aromatic rings. The van der Waals surface area contributed by atoms with E-state index in [1.807, 2.05) is 6.92 Å². The lowest BCUT2D eigenvalue weighted by atomic mass is 10.3. The summed E-state index contributed by atoms with van der Waals surface area (Å²) in [6, 6.07) is 4.40. The fourth-order valence-corrected chi connectivity index (χ4v) is 2.71. The molecule has 5 nitrogen and oxygen atoms in total. The van der Waals surface area contributed by atoms with Gasteiger partial charge in [-0.2, -0.15) is 0 Å². The van der Waals surface area contributed by atoms with Gasteiger partial charge in [0, 0.05) is 12.6 Å². The third kappa shape index (κ3) is 5.16. The molecule has 0 saturated carbocycles. The van der Waals surface area contributed by atoms with E-state index in [1.165, 1.54) is 25.3 Å². The molecule has 8 heteroatoms. The van der Waals surface area contributed by atoms with E-state index in [1.54, 1.807) is 7.05 Å². The SMILES string of the molecule is CNC(C)CNS(=O)(=O)c1ccc(OC)c(Cl)c1.Cl. The first kappa shape index (κ1) is 18.5. The van der Waals surface area contributed by atoms with Gasteiger partial charge in [0.15, 0.2) is 0 Å². The summed E-state index contributed by atoms with van der Waals surface area (Å²) in [7, 11) is -0.301. The smallest absolute Gasteiger partial charge is 0.240 e. The predicted molar refractivity (Wildman–Crippen MR) is 79.0 cm³/mol. The summed E-state index contributed by atoms with van der Waals surface area (Å²) in [5.41, 5.74) is 0. The number of rotatable bonds is 6. The van der Waals surface area contributed by atoms with Crippen LogP contribution in [-0.4, -0.2) is 35.2 Å². The van der Waals surface area contributed by atoms with Gasteiger partial charge in [0.25, 0.3) is 0 Å². The van der Waals surface area contributed by atoms with E-state index >= 15 is 0 Å². The van der Waals surface area contributed by atoms with Crippen molar-refractivity contribution < 1.29 is 13.2 Å². The summed E-state index contributed by atoms with van der Waals surface area (Å²) in [5, 5.41) is 3.21. The Morgan fingerprint density at radius 2 is 2.05 bits per heavy atom. The van der Waals surface area contributed by atoms with Crippen molar-refractivity contribution in [1.29, 1.82) is 0 Å². The van der Waals surface area contributed by atoms with Crippen molar-refractivity contribution in [2.24, 2.45) is 0 Å². The Morgan fingerprint density at radius 1 is 1.42 bits per heavy atom. The summed E-state index contributed by atoms with van der Waals surface area (Å²) in [6.07, 6.45) is 0. The van der Waals surface area contributed by atoms with Gasteiger partial charge in [-0.05, 0) is 32.2 Å². The normalized spacial score (nSPS) is 12.6. The van der Waals surface area contributed by atoms with Gasteiger partial charge in [0.05, 0.1) is 17.0 Å². The molecular weight excluding hydrogens is 311 g/mol. The van der Waals surface area contributed by atoms with Crippen LogP contribution in [0.3, 0.4) is 0 Å². The molecule has 1 atom stereocenters. The first-order valence-corrected chi connectivity index (χ1v) is 7.27. The van der Waals surface area contributed by atoms with E-state index in [4.69, 9.17) is 16.3 Å². The molecule has 110 valence electrons. The van der Waals surface area contributed by atoms with Crippen LogP contribution in [-0.2, 0) is 10.0 Å². The molecule has 0 amide bonds. The molecule has 1 rings (SSSR count). The monoisotopic (exact) mass is 328 g/mol. The van der Waals surface area contributed by atoms with Crippen molar-refractivity contribution in [1.82, 2.24) is 10.0 Å². The van der Waals surface area contributed by atoms with Crippen molar-refractivity contribution in [3.05, 3.63) is 23.2 Å². The highest BCUT2D eigenvalue weighted by Gasteiger charge is 2.16. The van der Waals surface area contributed by atoms with Gasteiger partial charge in [0.1, 0.15) is 5.75 Å². The van der Waals surface area contributed by atoms with Gasteiger partial charge in [-0.1, -0.05) is 11.6 Å². The Balaban J connectivity index is 0.00000324. The lowest BCUT2D eigenvalue weighted by molar-refractivity contribution is 0.414. The number of sulfonamides is 1. The van der Waals surface area contributed by atoms with Gasteiger partial charge in [-0.25, -0.2) is 13.1 Å². The van der Waals surface area contributed by atoms with Crippen molar-refractivity contribution in [3.63, 3.8) is 0 Å². The minimum atomic E-state index is -3.54. The molecule has 1 aromatic carbocycles. The third-order valence-electron chi connectivity index (χ3n) is 2.51. The Morgan fingerprint density at radius 3 is 2.53 bits per heavy atom. The number of hydrogen-bond donors (Lipinski definition) is 2. The zero-order chi connectivity index (χ0) is 13.8. The quantitative estimate of drug-likeness (QED) is 0.833. The van der Waals surface area contributed by atoms with Crippen LogP contribution in [0.1, 0.15) is 6.92 Å². The number of methoxy groups -OCH3 is 1.